The van der Waals surface area contributed by atoms with E-state index in [4.69, 9.17) is 10.5 Å². The van der Waals surface area contributed by atoms with Crippen molar-refractivity contribution in [2.45, 2.75) is 51.0 Å². The fourth-order valence-corrected chi connectivity index (χ4v) is 4.28. The summed E-state index contributed by atoms with van der Waals surface area (Å²) in [5.41, 5.74) is 7.56. The maximum absolute atomic E-state index is 12.8. The standard InChI is InChI=1S/C20H30N2O2/c1-24-19-9-7-15(8-10-19)11-16-12-18(21)14-22(13-16)20(23)17-5-3-2-4-6-17/h7-10,16-18H,2-6,11-14,21H2,1H3. The molecular weight excluding hydrogens is 300 g/mol. The Morgan fingerprint density at radius 3 is 2.54 bits per heavy atom. The largest absolute Gasteiger partial charge is 0.497 e. The first-order chi connectivity index (χ1) is 11.7. The van der Waals surface area contributed by atoms with Gasteiger partial charge < -0.3 is 15.4 Å². The predicted octanol–water partition coefficient (Wildman–Crippen LogP) is 2.99. The third-order valence-corrected chi connectivity index (χ3v) is 5.52. The van der Waals surface area contributed by atoms with Crippen LogP contribution in [0.5, 0.6) is 5.75 Å². The fourth-order valence-electron chi connectivity index (χ4n) is 4.28. The Labute approximate surface area is 145 Å². The van der Waals surface area contributed by atoms with Crippen molar-refractivity contribution < 1.29 is 9.53 Å². The van der Waals surface area contributed by atoms with E-state index in [0.717, 1.165) is 44.5 Å². The molecule has 1 saturated heterocycles. The number of carbonyl (C=O) groups excluding carboxylic acids is 1. The van der Waals surface area contributed by atoms with Gasteiger partial charge in [-0.2, -0.15) is 0 Å². The van der Waals surface area contributed by atoms with Crippen LogP contribution >= 0.6 is 0 Å². The van der Waals surface area contributed by atoms with Gasteiger partial charge >= 0.3 is 0 Å². The maximum Gasteiger partial charge on any atom is 0.225 e. The monoisotopic (exact) mass is 330 g/mol. The summed E-state index contributed by atoms with van der Waals surface area (Å²) in [7, 11) is 1.68. The zero-order chi connectivity index (χ0) is 16.9. The van der Waals surface area contributed by atoms with Crippen molar-refractivity contribution in [3.05, 3.63) is 29.8 Å². The number of methoxy groups -OCH3 is 1. The van der Waals surface area contributed by atoms with E-state index >= 15 is 0 Å². The number of likely N-dealkylation sites (tertiary alicyclic amines) is 1. The average molecular weight is 330 g/mol. The number of nitrogens with zero attached hydrogens (tertiary/aromatic N) is 1. The molecule has 1 aromatic rings. The second-order valence-electron chi connectivity index (χ2n) is 7.49. The second kappa shape index (κ2) is 8.02. The molecule has 132 valence electrons. The van der Waals surface area contributed by atoms with Gasteiger partial charge in [0.1, 0.15) is 5.75 Å². The summed E-state index contributed by atoms with van der Waals surface area (Å²) in [5, 5.41) is 0. The van der Waals surface area contributed by atoms with Crippen LogP contribution in [0.25, 0.3) is 0 Å². The predicted molar refractivity (Wildman–Crippen MR) is 95.9 cm³/mol. The maximum atomic E-state index is 12.8. The van der Waals surface area contributed by atoms with Gasteiger partial charge in [0.15, 0.2) is 0 Å². The molecule has 4 heteroatoms. The van der Waals surface area contributed by atoms with Gasteiger partial charge in [0.25, 0.3) is 0 Å². The van der Waals surface area contributed by atoms with Crippen LogP contribution in [-0.2, 0) is 11.2 Å². The summed E-state index contributed by atoms with van der Waals surface area (Å²) in [6.45, 7) is 1.59. The van der Waals surface area contributed by atoms with Crippen LogP contribution in [-0.4, -0.2) is 37.0 Å². The molecule has 3 rings (SSSR count). The van der Waals surface area contributed by atoms with Crippen LogP contribution in [0.3, 0.4) is 0 Å². The van der Waals surface area contributed by atoms with Crippen molar-refractivity contribution in [3.63, 3.8) is 0 Å². The summed E-state index contributed by atoms with van der Waals surface area (Å²) in [4.78, 5) is 14.9. The molecule has 1 heterocycles. The lowest BCUT2D eigenvalue weighted by Gasteiger charge is -2.38. The number of hydrogen-bond donors (Lipinski definition) is 1. The average Bonchev–Trinajstić information content (AvgIpc) is 2.62. The first-order valence-electron chi connectivity index (χ1n) is 9.33. The Balaban J connectivity index is 1.60. The van der Waals surface area contributed by atoms with E-state index in [0.29, 0.717) is 11.8 Å². The van der Waals surface area contributed by atoms with Crippen molar-refractivity contribution in [1.82, 2.24) is 4.90 Å². The molecule has 2 atom stereocenters. The molecule has 0 bridgehead atoms. The molecule has 0 aromatic heterocycles. The molecule has 0 spiro atoms. The number of ether oxygens (including phenoxy) is 1. The number of hydrogen-bond acceptors (Lipinski definition) is 3. The van der Waals surface area contributed by atoms with E-state index in [2.05, 4.69) is 17.0 Å². The second-order valence-corrected chi connectivity index (χ2v) is 7.49. The first kappa shape index (κ1) is 17.3. The quantitative estimate of drug-likeness (QED) is 0.923. The highest BCUT2D eigenvalue weighted by atomic mass is 16.5. The van der Waals surface area contributed by atoms with Crippen molar-refractivity contribution in [2.75, 3.05) is 20.2 Å². The van der Waals surface area contributed by atoms with Crippen molar-refractivity contribution in [1.29, 1.82) is 0 Å². The van der Waals surface area contributed by atoms with Gasteiger partial charge in [-0.05, 0) is 49.3 Å². The third kappa shape index (κ3) is 4.29. The van der Waals surface area contributed by atoms with Crippen LogP contribution in [0.2, 0.25) is 0 Å². The summed E-state index contributed by atoms with van der Waals surface area (Å²) >= 11 is 0. The molecule has 0 radical (unpaired) electrons. The molecule has 2 unspecified atom stereocenters. The minimum Gasteiger partial charge on any atom is -0.497 e. The Morgan fingerprint density at radius 2 is 1.88 bits per heavy atom. The third-order valence-electron chi connectivity index (χ3n) is 5.52. The Morgan fingerprint density at radius 1 is 1.17 bits per heavy atom. The number of piperidine rings is 1. The lowest BCUT2D eigenvalue weighted by Crippen LogP contribution is -2.51. The van der Waals surface area contributed by atoms with Gasteiger partial charge in [-0.1, -0.05) is 31.4 Å². The van der Waals surface area contributed by atoms with Crippen molar-refractivity contribution in [2.24, 2.45) is 17.6 Å². The number of carbonyl (C=O) groups is 1. The number of benzene rings is 1. The SMILES string of the molecule is COc1ccc(CC2CC(N)CN(C(=O)C3CCCCC3)C2)cc1. The first-order valence-corrected chi connectivity index (χ1v) is 9.33. The van der Waals surface area contributed by atoms with E-state index in [1.54, 1.807) is 7.11 Å². The van der Waals surface area contributed by atoms with Crippen LogP contribution in [0, 0.1) is 11.8 Å². The minimum atomic E-state index is 0.106. The summed E-state index contributed by atoms with van der Waals surface area (Å²) < 4.78 is 5.22. The van der Waals surface area contributed by atoms with Gasteiger partial charge in [-0.25, -0.2) is 0 Å². The lowest BCUT2D eigenvalue weighted by atomic mass is 9.85. The highest BCUT2D eigenvalue weighted by Gasteiger charge is 2.32. The van der Waals surface area contributed by atoms with Crippen LogP contribution in [0.4, 0.5) is 0 Å². The molecule has 2 fully saturated rings. The minimum absolute atomic E-state index is 0.106. The molecule has 1 aromatic carbocycles. The highest BCUT2D eigenvalue weighted by Crippen LogP contribution is 2.28. The van der Waals surface area contributed by atoms with E-state index < -0.39 is 0 Å². The molecule has 1 saturated carbocycles. The van der Waals surface area contributed by atoms with E-state index in [9.17, 15) is 4.79 Å². The Bertz CT molecular complexity index is 537. The van der Waals surface area contributed by atoms with E-state index in [1.165, 1.54) is 24.8 Å². The van der Waals surface area contributed by atoms with Crippen LogP contribution in [0.1, 0.15) is 44.1 Å². The topological polar surface area (TPSA) is 55.6 Å². The molecule has 1 amide bonds. The van der Waals surface area contributed by atoms with Crippen LogP contribution in [0.15, 0.2) is 24.3 Å². The fraction of sp³-hybridized carbons (Fsp3) is 0.650. The lowest BCUT2D eigenvalue weighted by molar-refractivity contribution is -0.138. The molecule has 4 nitrogen and oxygen atoms in total. The normalized spacial score (nSPS) is 25.5. The number of rotatable bonds is 4. The van der Waals surface area contributed by atoms with Gasteiger partial charge in [-0.3, -0.25) is 4.79 Å². The summed E-state index contributed by atoms with van der Waals surface area (Å²) in [6, 6.07) is 8.35. The molecule has 1 aliphatic carbocycles. The molecule has 1 aliphatic heterocycles. The Hall–Kier alpha value is -1.55. The molecule has 24 heavy (non-hydrogen) atoms. The zero-order valence-corrected chi connectivity index (χ0v) is 14.7. The smallest absolute Gasteiger partial charge is 0.225 e. The summed E-state index contributed by atoms with van der Waals surface area (Å²) in [6.07, 6.45) is 7.79. The zero-order valence-electron chi connectivity index (χ0n) is 14.7. The summed E-state index contributed by atoms with van der Waals surface area (Å²) in [5.74, 6) is 1.93. The van der Waals surface area contributed by atoms with Gasteiger partial charge in [0.2, 0.25) is 5.91 Å². The Kier molecular flexibility index (Phi) is 5.77. The molecule has 2 aliphatic rings. The highest BCUT2D eigenvalue weighted by molar-refractivity contribution is 5.79. The van der Waals surface area contributed by atoms with E-state index in [1.807, 2.05) is 12.1 Å². The van der Waals surface area contributed by atoms with Crippen LogP contribution < -0.4 is 10.5 Å². The van der Waals surface area contributed by atoms with Gasteiger partial charge in [0.05, 0.1) is 7.11 Å². The number of amides is 1. The van der Waals surface area contributed by atoms with Gasteiger partial charge in [0, 0.05) is 25.0 Å². The van der Waals surface area contributed by atoms with E-state index in [-0.39, 0.29) is 12.0 Å². The van der Waals surface area contributed by atoms with Crippen molar-refractivity contribution in [3.8, 4) is 5.75 Å². The molecule has 2 N–H and O–H groups in total. The van der Waals surface area contributed by atoms with Crippen molar-refractivity contribution >= 4 is 5.91 Å². The number of nitrogens with two attached hydrogens (primary N) is 1. The molecular formula is C20H30N2O2. The van der Waals surface area contributed by atoms with Gasteiger partial charge in [-0.15, -0.1) is 0 Å².